The van der Waals surface area contributed by atoms with Gasteiger partial charge in [0.25, 0.3) is 0 Å². The molecule has 0 fully saturated rings. The van der Waals surface area contributed by atoms with Crippen molar-refractivity contribution in [3.05, 3.63) is 71.9 Å². The molecule has 3 N–H and O–H groups in total. The SMILES string of the molecule is CC(NC(=O)C(Cc1cn(C)c2ccccc12)NC(=O)O)c1ccccc1. The number of carbonyl (C=O) groups excluding carboxylic acids is 1. The van der Waals surface area contributed by atoms with Crippen LogP contribution < -0.4 is 10.6 Å². The molecule has 140 valence electrons. The van der Waals surface area contributed by atoms with Gasteiger partial charge in [0.2, 0.25) is 5.91 Å². The molecule has 3 aromatic rings. The van der Waals surface area contributed by atoms with Gasteiger partial charge < -0.3 is 20.3 Å². The standard InChI is InChI=1S/C21H23N3O3/c1-14(15-8-4-3-5-9-15)22-20(25)18(23-21(26)27)12-16-13-24(2)19-11-7-6-10-17(16)19/h3-11,13-14,18,23H,12H2,1-2H3,(H,22,25)(H,26,27). The third kappa shape index (κ3) is 4.28. The minimum Gasteiger partial charge on any atom is -0.465 e. The molecule has 2 amide bonds. The highest BCUT2D eigenvalue weighted by atomic mass is 16.4. The summed E-state index contributed by atoms with van der Waals surface area (Å²) >= 11 is 0. The number of nitrogens with zero attached hydrogens (tertiary/aromatic N) is 1. The smallest absolute Gasteiger partial charge is 0.405 e. The molecule has 0 bridgehead atoms. The fraction of sp³-hybridized carbons (Fsp3) is 0.238. The van der Waals surface area contributed by atoms with Crippen LogP contribution in [0.15, 0.2) is 60.8 Å². The summed E-state index contributed by atoms with van der Waals surface area (Å²) < 4.78 is 1.98. The molecule has 6 heteroatoms. The number of fused-ring (bicyclic) bond motifs is 1. The lowest BCUT2D eigenvalue weighted by Gasteiger charge is -2.20. The van der Waals surface area contributed by atoms with Crippen LogP contribution in [0.5, 0.6) is 0 Å². The van der Waals surface area contributed by atoms with Gasteiger partial charge in [0.1, 0.15) is 6.04 Å². The highest BCUT2D eigenvalue weighted by molar-refractivity contribution is 5.88. The second-order valence-corrected chi connectivity index (χ2v) is 6.63. The monoisotopic (exact) mass is 365 g/mol. The van der Waals surface area contributed by atoms with Crippen LogP contribution in [0.25, 0.3) is 10.9 Å². The maximum atomic E-state index is 12.8. The third-order valence-electron chi connectivity index (χ3n) is 4.68. The normalized spacial score (nSPS) is 13.1. The minimum absolute atomic E-state index is 0.218. The molecule has 3 rings (SSSR count). The van der Waals surface area contributed by atoms with Crippen LogP contribution in [-0.4, -0.2) is 27.7 Å². The fourth-order valence-electron chi connectivity index (χ4n) is 3.31. The third-order valence-corrected chi connectivity index (χ3v) is 4.68. The van der Waals surface area contributed by atoms with Crippen LogP contribution in [0.3, 0.4) is 0 Å². The van der Waals surface area contributed by atoms with E-state index < -0.39 is 12.1 Å². The fourth-order valence-corrected chi connectivity index (χ4v) is 3.31. The summed E-state index contributed by atoms with van der Waals surface area (Å²) in [5.41, 5.74) is 2.93. The Hall–Kier alpha value is -3.28. The first-order valence-electron chi connectivity index (χ1n) is 8.83. The Morgan fingerprint density at radius 3 is 2.41 bits per heavy atom. The molecule has 0 saturated carbocycles. The van der Waals surface area contributed by atoms with E-state index in [2.05, 4.69) is 10.6 Å². The number of carboxylic acid groups (broad SMARTS) is 1. The average Bonchev–Trinajstić information content (AvgIpc) is 2.97. The molecule has 27 heavy (non-hydrogen) atoms. The molecule has 2 unspecified atom stereocenters. The van der Waals surface area contributed by atoms with Gasteiger partial charge in [0, 0.05) is 30.6 Å². The van der Waals surface area contributed by atoms with Crippen molar-refractivity contribution in [2.45, 2.75) is 25.4 Å². The maximum absolute atomic E-state index is 12.8. The van der Waals surface area contributed by atoms with Crippen LogP contribution in [-0.2, 0) is 18.3 Å². The number of aromatic nitrogens is 1. The first kappa shape index (κ1) is 18.5. The number of rotatable bonds is 6. The Balaban J connectivity index is 1.80. The lowest BCUT2D eigenvalue weighted by Crippen LogP contribution is -2.48. The largest absolute Gasteiger partial charge is 0.465 e. The van der Waals surface area contributed by atoms with E-state index in [4.69, 9.17) is 0 Å². The predicted octanol–water partition coefficient (Wildman–Crippen LogP) is 3.23. The van der Waals surface area contributed by atoms with Crippen molar-refractivity contribution in [3.63, 3.8) is 0 Å². The Bertz CT molecular complexity index is 950. The summed E-state index contributed by atoms with van der Waals surface area (Å²) in [6, 6.07) is 16.3. The maximum Gasteiger partial charge on any atom is 0.405 e. The van der Waals surface area contributed by atoms with Gasteiger partial charge in [-0.1, -0.05) is 48.5 Å². The highest BCUT2D eigenvalue weighted by Crippen LogP contribution is 2.22. The number of hydrogen-bond acceptors (Lipinski definition) is 2. The molecule has 1 heterocycles. The van der Waals surface area contributed by atoms with Gasteiger partial charge in [-0.05, 0) is 24.1 Å². The number of amides is 2. The Labute approximate surface area is 157 Å². The molecule has 0 radical (unpaired) electrons. The molecule has 0 aliphatic rings. The Kier molecular flexibility index (Phi) is 5.45. The molecular formula is C21H23N3O3. The summed E-state index contributed by atoms with van der Waals surface area (Å²) in [6.07, 6.45) is 0.999. The minimum atomic E-state index is -1.22. The second kappa shape index (κ2) is 7.95. The molecule has 0 aliphatic heterocycles. The second-order valence-electron chi connectivity index (χ2n) is 6.63. The summed E-state index contributed by atoms with van der Waals surface area (Å²) in [4.78, 5) is 24.0. The van der Waals surface area contributed by atoms with E-state index in [0.717, 1.165) is 22.0 Å². The zero-order valence-electron chi connectivity index (χ0n) is 15.3. The van der Waals surface area contributed by atoms with E-state index in [1.54, 1.807) is 0 Å². The van der Waals surface area contributed by atoms with Gasteiger partial charge in [-0.3, -0.25) is 4.79 Å². The first-order valence-corrected chi connectivity index (χ1v) is 8.83. The molecule has 2 atom stereocenters. The Morgan fingerprint density at radius 2 is 1.70 bits per heavy atom. The number of nitrogens with one attached hydrogen (secondary N) is 2. The van der Waals surface area contributed by atoms with E-state index in [9.17, 15) is 14.7 Å². The summed E-state index contributed by atoms with van der Waals surface area (Å²) in [5, 5.41) is 15.5. The van der Waals surface area contributed by atoms with Crippen LogP contribution in [0.1, 0.15) is 24.1 Å². The molecule has 0 saturated heterocycles. The van der Waals surface area contributed by atoms with Crippen molar-refractivity contribution < 1.29 is 14.7 Å². The van der Waals surface area contributed by atoms with Crippen molar-refractivity contribution >= 4 is 22.9 Å². The molecule has 1 aromatic heterocycles. The summed E-state index contributed by atoms with van der Waals surface area (Å²) in [7, 11) is 1.93. The van der Waals surface area contributed by atoms with Crippen molar-refractivity contribution in [1.29, 1.82) is 0 Å². The predicted molar refractivity (Wildman–Crippen MR) is 105 cm³/mol. The van der Waals surface area contributed by atoms with Crippen LogP contribution in [0.2, 0.25) is 0 Å². The number of benzene rings is 2. The van der Waals surface area contributed by atoms with Crippen molar-refractivity contribution in [2.24, 2.45) is 7.05 Å². The van der Waals surface area contributed by atoms with Gasteiger partial charge in [0.05, 0.1) is 6.04 Å². The molecule has 6 nitrogen and oxygen atoms in total. The van der Waals surface area contributed by atoms with Gasteiger partial charge in [-0.2, -0.15) is 0 Å². The zero-order chi connectivity index (χ0) is 19.4. The van der Waals surface area contributed by atoms with Crippen molar-refractivity contribution in [1.82, 2.24) is 15.2 Å². The number of carbonyl (C=O) groups is 2. The first-order chi connectivity index (χ1) is 13.0. The van der Waals surface area contributed by atoms with Crippen LogP contribution in [0, 0.1) is 0 Å². The van der Waals surface area contributed by atoms with E-state index in [1.165, 1.54) is 0 Å². The lowest BCUT2D eigenvalue weighted by molar-refractivity contribution is -0.123. The van der Waals surface area contributed by atoms with Gasteiger partial charge >= 0.3 is 6.09 Å². The van der Waals surface area contributed by atoms with E-state index in [1.807, 2.05) is 79.3 Å². The topological polar surface area (TPSA) is 83.4 Å². The lowest BCUT2D eigenvalue weighted by atomic mass is 10.0. The highest BCUT2D eigenvalue weighted by Gasteiger charge is 2.24. The molecule has 2 aromatic carbocycles. The van der Waals surface area contributed by atoms with E-state index >= 15 is 0 Å². The van der Waals surface area contributed by atoms with Gasteiger partial charge in [0.15, 0.2) is 0 Å². The van der Waals surface area contributed by atoms with Crippen LogP contribution in [0.4, 0.5) is 4.79 Å². The van der Waals surface area contributed by atoms with Crippen molar-refractivity contribution in [3.8, 4) is 0 Å². The number of para-hydroxylation sites is 1. The quantitative estimate of drug-likeness (QED) is 0.627. The molecule has 0 aliphatic carbocycles. The van der Waals surface area contributed by atoms with E-state index in [-0.39, 0.29) is 18.4 Å². The number of hydrogen-bond donors (Lipinski definition) is 3. The number of aryl methyl sites for hydroxylation is 1. The van der Waals surface area contributed by atoms with Gasteiger partial charge in [-0.15, -0.1) is 0 Å². The summed E-state index contributed by atoms with van der Waals surface area (Å²) in [5.74, 6) is -0.346. The zero-order valence-corrected chi connectivity index (χ0v) is 15.3. The Morgan fingerprint density at radius 1 is 1.04 bits per heavy atom. The van der Waals surface area contributed by atoms with Crippen molar-refractivity contribution in [2.75, 3.05) is 0 Å². The van der Waals surface area contributed by atoms with E-state index in [0.29, 0.717) is 0 Å². The summed E-state index contributed by atoms with van der Waals surface area (Å²) in [6.45, 7) is 1.88. The average molecular weight is 365 g/mol. The van der Waals surface area contributed by atoms with Crippen LogP contribution >= 0.6 is 0 Å². The van der Waals surface area contributed by atoms with Gasteiger partial charge in [-0.25, -0.2) is 4.79 Å². The molecule has 0 spiro atoms. The molecular weight excluding hydrogens is 342 g/mol.